The predicted octanol–water partition coefficient (Wildman–Crippen LogP) is 4.44. The van der Waals surface area contributed by atoms with Crippen LogP contribution in [0, 0.1) is 6.57 Å². The zero-order valence-corrected chi connectivity index (χ0v) is 9.22. The van der Waals surface area contributed by atoms with E-state index >= 15 is 0 Å². The van der Waals surface area contributed by atoms with Gasteiger partial charge in [0.25, 0.3) is 0 Å². The van der Waals surface area contributed by atoms with Crippen LogP contribution in [-0.2, 0) is 0 Å². The molecule has 2 rings (SSSR count). The summed E-state index contributed by atoms with van der Waals surface area (Å²) in [7, 11) is 0. The monoisotopic (exact) mass is 235 g/mol. The van der Waals surface area contributed by atoms with Crippen LogP contribution in [0.1, 0.15) is 0 Å². The maximum absolute atomic E-state index is 6.80. The van der Waals surface area contributed by atoms with Crippen LogP contribution in [0.5, 0.6) is 0 Å². The molecular formula is C11H6ClNOS. The zero-order valence-electron chi connectivity index (χ0n) is 7.57. The number of benzene rings is 1. The van der Waals surface area contributed by atoms with E-state index < -0.39 is 0 Å². The standard InChI is InChI=1S/C11H6ClNOS/c1-13-10-6-5-8(14-10)7-3-2-4-9(15)11(7)12/h2-6,15H. The van der Waals surface area contributed by atoms with Gasteiger partial charge < -0.3 is 4.42 Å². The number of hydrogen-bond donors (Lipinski definition) is 1. The van der Waals surface area contributed by atoms with Crippen molar-refractivity contribution in [2.24, 2.45) is 0 Å². The fourth-order valence-electron chi connectivity index (χ4n) is 1.24. The lowest BCUT2D eigenvalue weighted by Crippen LogP contribution is -1.77. The van der Waals surface area contributed by atoms with Crippen molar-refractivity contribution in [2.45, 2.75) is 4.90 Å². The topological polar surface area (TPSA) is 17.5 Å². The van der Waals surface area contributed by atoms with Gasteiger partial charge in [0.15, 0.2) is 0 Å². The van der Waals surface area contributed by atoms with E-state index in [1.54, 1.807) is 18.2 Å². The lowest BCUT2D eigenvalue weighted by molar-refractivity contribution is 0.607. The molecule has 0 bridgehead atoms. The van der Waals surface area contributed by atoms with E-state index in [0.717, 1.165) is 5.56 Å². The van der Waals surface area contributed by atoms with Gasteiger partial charge in [0, 0.05) is 10.5 Å². The molecule has 2 aromatic rings. The number of furan rings is 1. The summed E-state index contributed by atoms with van der Waals surface area (Å²) in [6.45, 7) is 6.80. The molecule has 0 radical (unpaired) electrons. The van der Waals surface area contributed by atoms with Crippen LogP contribution >= 0.6 is 24.2 Å². The summed E-state index contributed by atoms with van der Waals surface area (Å²) in [6.07, 6.45) is 0. The predicted molar refractivity (Wildman–Crippen MR) is 62.7 cm³/mol. The molecule has 2 nitrogen and oxygen atoms in total. The first-order chi connectivity index (χ1) is 7.22. The minimum Gasteiger partial charge on any atom is -0.480 e. The van der Waals surface area contributed by atoms with Gasteiger partial charge in [-0.2, -0.15) is 4.85 Å². The lowest BCUT2D eigenvalue weighted by atomic mass is 10.2. The summed E-state index contributed by atoms with van der Waals surface area (Å²) < 4.78 is 5.28. The molecule has 0 aliphatic rings. The third-order valence-corrected chi connectivity index (χ3v) is 2.86. The molecule has 0 atom stereocenters. The Balaban J connectivity index is 2.55. The molecule has 0 unspecified atom stereocenters. The van der Waals surface area contributed by atoms with E-state index in [0.29, 0.717) is 15.7 Å². The SMILES string of the molecule is [C-]#[N+]c1ccc(-c2cccc(S)c2Cl)o1. The number of rotatable bonds is 1. The molecule has 0 amide bonds. The van der Waals surface area contributed by atoms with Gasteiger partial charge in [0.1, 0.15) is 5.76 Å². The van der Waals surface area contributed by atoms with E-state index in [-0.39, 0.29) is 5.88 Å². The van der Waals surface area contributed by atoms with Crippen molar-refractivity contribution >= 4 is 30.1 Å². The second-order valence-corrected chi connectivity index (χ2v) is 3.75. The van der Waals surface area contributed by atoms with Crippen LogP contribution < -0.4 is 0 Å². The maximum atomic E-state index is 6.80. The first-order valence-electron chi connectivity index (χ1n) is 4.17. The highest BCUT2D eigenvalue weighted by Gasteiger charge is 2.09. The van der Waals surface area contributed by atoms with Gasteiger partial charge in [-0.25, -0.2) is 0 Å². The molecule has 0 aliphatic heterocycles. The highest BCUT2D eigenvalue weighted by atomic mass is 35.5. The van der Waals surface area contributed by atoms with E-state index in [1.807, 2.05) is 12.1 Å². The molecule has 1 aromatic carbocycles. The Labute approximate surface area is 97.7 Å². The van der Waals surface area contributed by atoms with Crippen molar-refractivity contribution in [1.29, 1.82) is 0 Å². The summed E-state index contributed by atoms with van der Waals surface area (Å²) in [5, 5.41) is 0.534. The molecule has 0 fully saturated rings. The summed E-state index contributed by atoms with van der Waals surface area (Å²) in [4.78, 5) is 3.88. The van der Waals surface area contributed by atoms with Gasteiger partial charge in [0.05, 0.1) is 11.6 Å². The molecule has 15 heavy (non-hydrogen) atoms. The van der Waals surface area contributed by atoms with Crippen molar-refractivity contribution in [3.8, 4) is 11.3 Å². The van der Waals surface area contributed by atoms with Crippen molar-refractivity contribution < 1.29 is 4.42 Å². The Kier molecular flexibility index (Phi) is 2.72. The summed E-state index contributed by atoms with van der Waals surface area (Å²) in [5.74, 6) is 0.840. The van der Waals surface area contributed by atoms with Gasteiger partial charge in [-0.3, -0.25) is 0 Å². The molecular weight excluding hydrogens is 230 g/mol. The second kappa shape index (κ2) is 4.01. The Morgan fingerprint density at radius 2 is 2.07 bits per heavy atom. The molecule has 4 heteroatoms. The fraction of sp³-hybridized carbons (Fsp3) is 0. The molecule has 0 saturated heterocycles. The average Bonchev–Trinajstić information content (AvgIpc) is 2.70. The van der Waals surface area contributed by atoms with Gasteiger partial charge in [-0.1, -0.05) is 17.7 Å². The first-order valence-corrected chi connectivity index (χ1v) is 5.00. The molecule has 1 aromatic heterocycles. The Morgan fingerprint density at radius 3 is 2.73 bits per heavy atom. The number of thiol groups is 1. The molecule has 0 aliphatic carbocycles. The minimum atomic E-state index is 0.255. The number of halogens is 1. The quantitative estimate of drug-likeness (QED) is 0.571. The smallest absolute Gasteiger partial charge is 0.346 e. The molecule has 0 saturated carbocycles. The van der Waals surface area contributed by atoms with Crippen LogP contribution in [0.2, 0.25) is 5.02 Å². The third-order valence-electron chi connectivity index (χ3n) is 1.95. The van der Waals surface area contributed by atoms with Crippen LogP contribution in [-0.4, -0.2) is 0 Å². The average molecular weight is 236 g/mol. The fourth-order valence-corrected chi connectivity index (χ4v) is 1.67. The maximum Gasteiger partial charge on any atom is 0.346 e. The molecule has 0 spiro atoms. The van der Waals surface area contributed by atoms with Gasteiger partial charge in [0.2, 0.25) is 0 Å². The van der Waals surface area contributed by atoms with Crippen LogP contribution in [0.4, 0.5) is 5.88 Å². The van der Waals surface area contributed by atoms with E-state index in [1.165, 1.54) is 0 Å². The summed E-state index contributed by atoms with van der Waals surface area (Å²) in [6, 6.07) is 8.80. The zero-order chi connectivity index (χ0) is 10.8. The third kappa shape index (κ3) is 1.87. The van der Waals surface area contributed by atoms with Crippen molar-refractivity contribution in [3.05, 3.63) is 46.8 Å². The van der Waals surface area contributed by atoms with Crippen LogP contribution in [0.15, 0.2) is 39.6 Å². The van der Waals surface area contributed by atoms with E-state index in [4.69, 9.17) is 22.6 Å². The second-order valence-electron chi connectivity index (χ2n) is 2.89. The van der Waals surface area contributed by atoms with Crippen molar-refractivity contribution in [2.75, 3.05) is 0 Å². The summed E-state index contributed by atoms with van der Waals surface area (Å²) >= 11 is 10.3. The Bertz CT molecular complexity index is 542. The molecule has 0 N–H and O–H groups in total. The van der Waals surface area contributed by atoms with Gasteiger partial charge in [-0.15, -0.1) is 12.6 Å². The normalized spacial score (nSPS) is 9.93. The highest BCUT2D eigenvalue weighted by Crippen LogP contribution is 2.34. The van der Waals surface area contributed by atoms with E-state index in [2.05, 4.69) is 17.5 Å². The minimum absolute atomic E-state index is 0.255. The molecule has 74 valence electrons. The van der Waals surface area contributed by atoms with Crippen LogP contribution in [0.25, 0.3) is 16.2 Å². The van der Waals surface area contributed by atoms with Crippen molar-refractivity contribution in [3.63, 3.8) is 0 Å². The Morgan fingerprint density at radius 1 is 1.27 bits per heavy atom. The van der Waals surface area contributed by atoms with Crippen molar-refractivity contribution in [1.82, 2.24) is 0 Å². The highest BCUT2D eigenvalue weighted by molar-refractivity contribution is 7.80. The lowest BCUT2D eigenvalue weighted by Gasteiger charge is -2.02. The summed E-state index contributed by atoms with van der Waals surface area (Å²) in [5.41, 5.74) is 0.749. The largest absolute Gasteiger partial charge is 0.480 e. The molecule has 1 heterocycles. The first kappa shape index (κ1) is 10.2. The van der Waals surface area contributed by atoms with E-state index in [9.17, 15) is 0 Å². The van der Waals surface area contributed by atoms with Crippen LogP contribution in [0.3, 0.4) is 0 Å². The van der Waals surface area contributed by atoms with Gasteiger partial charge >= 0.3 is 5.88 Å². The Hall–Kier alpha value is -1.37. The number of nitrogens with zero attached hydrogens (tertiary/aromatic N) is 1. The number of hydrogen-bond acceptors (Lipinski definition) is 2. The van der Waals surface area contributed by atoms with Gasteiger partial charge in [-0.05, 0) is 24.3 Å².